The fraction of sp³-hybridized carbons (Fsp3) is 0.0833. The van der Waals surface area contributed by atoms with E-state index in [9.17, 15) is 0 Å². The van der Waals surface area contributed by atoms with E-state index >= 15 is 0 Å². The Morgan fingerprint density at radius 1 is 1.07 bits per heavy atom. The van der Waals surface area contributed by atoms with Gasteiger partial charge in [0.15, 0.2) is 0 Å². The summed E-state index contributed by atoms with van der Waals surface area (Å²) in [5.41, 5.74) is 1.35. The summed E-state index contributed by atoms with van der Waals surface area (Å²) in [6.07, 6.45) is 0.750. The highest BCUT2D eigenvalue weighted by atomic mass is 16.1. The van der Waals surface area contributed by atoms with Crippen molar-refractivity contribution in [2.75, 3.05) is 0 Å². The molecule has 2 aromatic carbocycles. The minimum absolute atomic E-state index is 0.750. The van der Waals surface area contributed by atoms with E-state index in [2.05, 4.69) is 49.4 Å². The lowest BCUT2D eigenvalue weighted by molar-refractivity contribution is 0.563. The largest absolute Gasteiger partial charge is 0.231 e. The molecular formula is C12H11NO. The summed E-state index contributed by atoms with van der Waals surface area (Å²) in [5.74, 6) is 0. The van der Waals surface area contributed by atoms with Gasteiger partial charge in [-0.15, -0.1) is 0 Å². The molecule has 0 aliphatic rings. The number of benzene rings is 2. The van der Waals surface area contributed by atoms with Crippen molar-refractivity contribution >= 4 is 16.9 Å². The van der Waals surface area contributed by atoms with Crippen LogP contribution in [0.1, 0.15) is 5.56 Å². The van der Waals surface area contributed by atoms with Gasteiger partial charge in [0.1, 0.15) is 0 Å². The van der Waals surface area contributed by atoms with Crippen molar-refractivity contribution in [1.82, 2.24) is 0 Å². The van der Waals surface area contributed by atoms with Crippen LogP contribution in [0.2, 0.25) is 0 Å². The van der Waals surface area contributed by atoms with Crippen LogP contribution in [0.15, 0.2) is 42.5 Å². The summed E-state index contributed by atoms with van der Waals surface area (Å²) in [6.45, 7) is 2.14. The van der Waals surface area contributed by atoms with Crippen molar-refractivity contribution in [3.05, 3.63) is 48.0 Å². The van der Waals surface area contributed by atoms with E-state index in [1.54, 1.807) is 0 Å². The Balaban J connectivity index is 0.000000293. The summed E-state index contributed by atoms with van der Waals surface area (Å²) in [5, 5.41) is 8.09. The molecule has 0 saturated carbocycles. The molecular weight excluding hydrogens is 174 g/mol. The molecule has 0 amide bonds. The van der Waals surface area contributed by atoms with E-state index in [-0.39, 0.29) is 0 Å². The molecule has 0 aliphatic heterocycles. The number of nitrogens with one attached hydrogen (secondary N) is 1. The molecule has 2 heteroatoms. The Labute approximate surface area is 82.7 Å². The van der Waals surface area contributed by atoms with E-state index in [4.69, 9.17) is 10.2 Å². The summed E-state index contributed by atoms with van der Waals surface area (Å²) in [4.78, 5) is 8.35. The summed E-state index contributed by atoms with van der Waals surface area (Å²) >= 11 is 0. The lowest BCUT2D eigenvalue weighted by Crippen LogP contribution is -1.75. The molecule has 0 heterocycles. The molecule has 2 nitrogen and oxygen atoms in total. The first-order valence-electron chi connectivity index (χ1n) is 4.28. The van der Waals surface area contributed by atoms with Gasteiger partial charge < -0.3 is 0 Å². The second-order valence-electron chi connectivity index (χ2n) is 2.90. The van der Waals surface area contributed by atoms with E-state index in [0.717, 1.165) is 6.08 Å². The topological polar surface area (TPSA) is 40.9 Å². The van der Waals surface area contributed by atoms with Crippen LogP contribution in [0.25, 0.3) is 10.8 Å². The fourth-order valence-corrected chi connectivity index (χ4v) is 1.39. The highest BCUT2D eigenvalue weighted by molar-refractivity contribution is 5.85. The minimum Gasteiger partial charge on any atom is -0.222 e. The minimum atomic E-state index is 0.750. The highest BCUT2D eigenvalue weighted by Gasteiger charge is 1.91. The van der Waals surface area contributed by atoms with Gasteiger partial charge in [-0.05, 0) is 23.3 Å². The molecule has 0 bridgehead atoms. The smallest absolute Gasteiger partial charge is 0.222 e. The molecule has 0 fully saturated rings. The first kappa shape index (κ1) is 10.2. The molecule has 0 aromatic heterocycles. The number of carbonyl (C=O) groups excluding carboxylic acids is 1. The van der Waals surface area contributed by atoms with Gasteiger partial charge >= 0.3 is 0 Å². The molecule has 0 atom stereocenters. The van der Waals surface area contributed by atoms with Crippen molar-refractivity contribution in [1.29, 1.82) is 5.41 Å². The highest BCUT2D eigenvalue weighted by Crippen LogP contribution is 2.16. The number of fused-ring (bicyclic) bond motifs is 1. The zero-order valence-electron chi connectivity index (χ0n) is 7.95. The molecule has 70 valence electrons. The zero-order chi connectivity index (χ0) is 10.4. The molecule has 0 aliphatic carbocycles. The van der Waals surface area contributed by atoms with Crippen molar-refractivity contribution in [3.63, 3.8) is 0 Å². The number of aryl methyl sites for hydroxylation is 1. The van der Waals surface area contributed by atoms with Crippen LogP contribution < -0.4 is 0 Å². The predicted octanol–water partition coefficient (Wildman–Crippen LogP) is 3.05. The van der Waals surface area contributed by atoms with E-state index in [1.807, 2.05) is 0 Å². The van der Waals surface area contributed by atoms with Gasteiger partial charge in [0.25, 0.3) is 0 Å². The molecule has 0 radical (unpaired) electrons. The van der Waals surface area contributed by atoms with Gasteiger partial charge in [-0.25, -0.2) is 10.2 Å². The lowest BCUT2D eigenvalue weighted by atomic mass is 10.1. The van der Waals surface area contributed by atoms with Crippen molar-refractivity contribution in [3.8, 4) is 0 Å². The number of hydrogen-bond donors (Lipinski definition) is 1. The Bertz CT molecular complexity index is 451. The number of rotatable bonds is 0. The van der Waals surface area contributed by atoms with E-state index in [0.29, 0.717) is 0 Å². The molecule has 0 spiro atoms. The predicted molar refractivity (Wildman–Crippen MR) is 57.1 cm³/mol. The number of hydrogen-bond acceptors (Lipinski definition) is 2. The first-order chi connectivity index (χ1) is 6.79. The van der Waals surface area contributed by atoms with Crippen LogP contribution in [0.3, 0.4) is 0 Å². The normalized spacial score (nSPS) is 8.64. The lowest BCUT2D eigenvalue weighted by Gasteiger charge is -1.98. The molecule has 0 saturated heterocycles. The molecule has 1 N–H and O–H groups in total. The third-order valence-corrected chi connectivity index (χ3v) is 2.01. The Hall–Kier alpha value is -1.92. The Morgan fingerprint density at radius 2 is 1.64 bits per heavy atom. The van der Waals surface area contributed by atoms with Crippen molar-refractivity contribution in [2.24, 2.45) is 0 Å². The van der Waals surface area contributed by atoms with Gasteiger partial charge in [-0.3, -0.25) is 0 Å². The third-order valence-electron chi connectivity index (χ3n) is 2.01. The molecule has 14 heavy (non-hydrogen) atoms. The third kappa shape index (κ3) is 2.28. The van der Waals surface area contributed by atoms with E-state index < -0.39 is 0 Å². The van der Waals surface area contributed by atoms with E-state index in [1.165, 1.54) is 16.3 Å². The van der Waals surface area contributed by atoms with Gasteiger partial charge in [-0.1, -0.05) is 42.5 Å². The summed E-state index contributed by atoms with van der Waals surface area (Å²) < 4.78 is 0. The summed E-state index contributed by atoms with van der Waals surface area (Å²) in [6, 6.07) is 14.8. The van der Waals surface area contributed by atoms with Crippen LogP contribution in [0.5, 0.6) is 0 Å². The standard InChI is InChI=1S/C11H10.CHNO/c1-9-5-4-7-10-6-2-3-8-11(9)10;2-1-3/h2-8H,1H3;2H. The van der Waals surface area contributed by atoms with Gasteiger partial charge in [0, 0.05) is 0 Å². The Kier molecular flexibility index (Phi) is 3.59. The van der Waals surface area contributed by atoms with Gasteiger partial charge in [0.2, 0.25) is 6.08 Å². The molecule has 2 rings (SSSR count). The second-order valence-corrected chi connectivity index (χ2v) is 2.90. The van der Waals surface area contributed by atoms with Gasteiger partial charge in [-0.2, -0.15) is 0 Å². The number of isocyanates is 1. The average Bonchev–Trinajstić information content (AvgIpc) is 2.20. The zero-order valence-corrected chi connectivity index (χ0v) is 7.95. The second kappa shape index (κ2) is 4.95. The maximum absolute atomic E-state index is 8.35. The van der Waals surface area contributed by atoms with Crippen molar-refractivity contribution < 1.29 is 4.79 Å². The fourth-order valence-electron chi connectivity index (χ4n) is 1.39. The maximum atomic E-state index is 8.35. The SMILES string of the molecule is Cc1cccc2ccccc12.N=C=O. The van der Waals surface area contributed by atoms with Crippen LogP contribution in [0.4, 0.5) is 0 Å². The molecule has 0 unspecified atom stereocenters. The maximum Gasteiger partial charge on any atom is 0.231 e. The Morgan fingerprint density at radius 3 is 2.29 bits per heavy atom. The van der Waals surface area contributed by atoms with Crippen LogP contribution in [-0.4, -0.2) is 6.08 Å². The average molecular weight is 185 g/mol. The van der Waals surface area contributed by atoms with Gasteiger partial charge in [0.05, 0.1) is 0 Å². The van der Waals surface area contributed by atoms with Crippen LogP contribution in [-0.2, 0) is 4.79 Å². The van der Waals surface area contributed by atoms with Crippen LogP contribution >= 0.6 is 0 Å². The monoisotopic (exact) mass is 185 g/mol. The van der Waals surface area contributed by atoms with Crippen molar-refractivity contribution in [2.45, 2.75) is 6.92 Å². The molecule has 2 aromatic rings. The first-order valence-corrected chi connectivity index (χ1v) is 4.28. The quantitative estimate of drug-likeness (QED) is 0.497. The summed E-state index contributed by atoms with van der Waals surface area (Å²) in [7, 11) is 0. The van der Waals surface area contributed by atoms with Crippen LogP contribution in [0, 0.1) is 12.3 Å².